The summed E-state index contributed by atoms with van der Waals surface area (Å²) in [4.78, 5) is 22.3. The van der Waals surface area contributed by atoms with E-state index in [1.165, 1.54) is 11.1 Å². The number of furan rings is 1. The van der Waals surface area contributed by atoms with E-state index >= 15 is 0 Å². The fourth-order valence-corrected chi connectivity index (χ4v) is 3.23. The number of benzene rings is 1. The maximum Gasteiger partial charge on any atom is 0.291 e. The SMILES string of the molecule is CCNC(=NCc1cccc(NC(=O)c2ccco2)c1)NCc1ncc(C)s1. The topological polar surface area (TPSA) is 91.5 Å². The van der Waals surface area contributed by atoms with Crippen molar-refractivity contribution in [3.8, 4) is 0 Å². The van der Waals surface area contributed by atoms with Crippen molar-refractivity contribution in [3.63, 3.8) is 0 Å². The van der Waals surface area contributed by atoms with Crippen molar-refractivity contribution in [1.29, 1.82) is 0 Å². The van der Waals surface area contributed by atoms with E-state index in [4.69, 9.17) is 4.42 Å². The van der Waals surface area contributed by atoms with Gasteiger partial charge in [0.05, 0.1) is 19.4 Å². The van der Waals surface area contributed by atoms with E-state index < -0.39 is 0 Å². The molecule has 0 saturated heterocycles. The molecule has 0 aliphatic carbocycles. The van der Waals surface area contributed by atoms with Crippen LogP contribution in [0.4, 0.5) is 5.69 Å². The Kier molecular flexibility index (Phi) is 6.80. The third-order valence-electron chi connectivity index (χ3n) is 3.77. The second-order valence-corrected chi connectivity index (χ2v) is 7.36. The summed E-state index contributed by atoms with van der Waals surface area (Å²) >= 11 is 1.66. The Bertz CT molecular complexity index is 934. The van der Waals surface area contributed by atoms with Crippen LogP contribution in [0, 0.1) is 6.92 Å². The molecule has 3 rings (SSSR count). The lowest BCUT2D eigenvalue weighted by molar-refractivity contribution is 0.0996. The van der Waals surface area contributed by atoms with Crippen LogP contribution >= 0.6 is 11.3 Å². The number of aryl methyl sites for hydroxylation is 1. The van der Waals surface area contributed by atoms with Crippen LogP contribution in [0.2, 0.25) is 0 Å². The predicted octanol–water partition coefficient (Wildman–Crippen LogP) is 3.55. The molecule has 0 fully saturated rings. The molecule has 0 aliphatic heterocycles. The second-order valence-electron chi connectivity index (χ2n) is 6.05. The fraction of sp³-hybridized carbons (Fsp3) is 0.250. The van der Waals surface area contributed by atoms with E-state index in [-0.39, 0.29) is 11.7 Å². The Morgan fingerprint density at radius 1 is 1.25 bits per heavy atom. The summed E-state index contributed by atoms with van der Waals surface area (Å²) in [6.45, 7) is 5.94. The van der Waals surface area contributed by atoms with Gasteiger partial charge >= 0.3 is 0 Å². The number of carbonyl (C=O) groups excluding carboxylic acids is 1. The quantitative estimate of drug-likeness (QED) is 0.419. The van der Waals surface area contributed by atoms with Crippen LogP contribution in [0.3, 0.4) is 0 Å². The van der Waals surface area contributed by atoms with Gasteiger partial charge in [0.15, 0.2) is 11.7 Å². The second kappa shape index (κ2) is 9.70. The Balaban J connectivity index is 1.61. The van der Waals surface area contributed by atoms with E-state index in [0.29, 0.717) is 18.8 Å². The summed E-state index contributed by atoms with van der Waals surface area (Å²) < 4.78 is 5.11. The van der Waals surface area contributed by atoms with E-state index in [9.17, 15) is 4.79 Å². The average molecular weight is 398 g/mol. The third-order valence-corrected chi connectivity index (χ3v) is 4.68. The van der Waals surface area contributed by atoms with Crippen molar-refractivity contribution in [2.45, 2.75) is 26.9 Å². The molecule has 0 radical (unpaired) electrons. The summed E-state index contributed by atoms with van der Waals surface area (Å²) in [6.07, 6.45) is 3.34. The standard InChI is InChI=1S/C20H23N5O2S/c1-3-21-20(24-13-18-22-11-14(2)28-18)23-12-15-6-4-7-16(10-15)25-19(26)17-8-5-9-27-17/h4-11H,3,12-13H2,1-2H3,(H,25,26)(H2,21,23,24). The molecule has 0 aliphatic rings. The molecule has 2 aromatic heterocycles. The minimum atomic E-state index is -0.278. The Labute approximate surface area is 167 Å². The largest absolute Gasteiger partial charge is 0.459 e. The molecule has 28 heavy (non-hydrogen) atoms. The molecule has 8 heteroatoms. The molecular formula is C20H23N5O2S. The van der Waals surface area contributed by atoms with E-state index in [2.05, 4.69) is 25.9 Å². The molecule has 3 N–H and O–H groups in total. The normalized spacial score (nSPS) is 11.3. The number of nitrogens with one attached hydrogen (secondary N) is 3. The maximum absolute atomic E-state index is 12.1. The molecule has 1 amide bonds. The molecule has 0 spiro atoms. The van der Waals surface area contributed by atoms with Gasteiger partial charge in [-0.3, -0.25) is 4.79 Å². The van der Waals surface area contributed by atoms with Crippen molar-refractivity contribution in [1.82, 2.24) is 15.6 Å². The summed E-state index contributed by atoms with van der Waals surface area (Å²) in [5.74, 6) is 0.722. The first-order valence-electron chi connectivity index (χ1n) is 9.01. The molecular weight excluding hydrogens is 374 g/mol. The minimum absolute atomic E-state index is 0.277. The van der Waals surface area contributed by atoms with Crippen LogP contribution in [-0.4, -0.2) is 23.4 Å². The van der Waals surface area contributed by atoms with Crippen molar-refractivity contribution in [2.24, 2.45) is 4.99 Å². The van der Waals surface area contributed by atoms with Crippen LogP contribution in [0.1, 0.15) is 32.9 Å². The van der Waals surface area contributed by atoms with E-state index in [1.54, 1.807) is 23.5 Å². The highest BCUT2D eigenvalue weighted by molar-refractivity contribution is 7.11. The Morgan fingerprint density at radius 3 is 2.86 bits per heavy atom. The molecule has 7 nitrogen and oxygen atoms in total. The van der Waals surface area contributed by atoms with Gasteiger partial charge in [0.25, 0.3) is 5.91 Å². The first-order valence-corrected chi connectivity index (χ1v) is 9.83. The molecule has 0 unspecified atom stereocenters. The minimum Gasteiger partial charge on any atom is -0.459 e. The first kappa shape index (κ1) is 19.6. The van der Waals surface area contributed by atoms with Crippen LogP contribution in [0.25, 0.3) is 0 Å². The van der Waals surface area contributed by atoms with Gasteiger partial charge < -0.3 is 20.4 Å². The van der Waals surface area contributed by atoms with Crippen LogP contribution in [0.15, 0.2) is 58.3 Å². The predicted molar refractivity (Wildman–Crippen MR) is 112 cm³/mol. The highest BCUT2D eigenvalue weighted by Gasteiger charge is 2.09. The molecule has 0 atom stereocenters. The lowest BCUT2D eigenvalue weighted by Crippen LogP contribution is -2.36. The number of hydrogen-bond donors (Lipinski definition) is 3. The number of anilines is 1. The number of thiazole rings is 1. The van der Waals surface area contributed by atoms with Gasteiger partial charge in [-0.2, -0.15) is 0 Å². The fourth-order valence-electron chi connectivity index (χ4n) is 2.50. The molecule has 0 bridgehead atoms. The number of amides is 1. The highest BCUT2D eigenvalue weighted by Crippen LogP contribution is 2.14. The lowest BCUT2D eigenvalue weighted by atomic mass is 10.2. The zero-order valence-corrected chi connectivity index (χ0v) is 16.7. The zero-order chi connectivity index (χ0) is 19.8. The summed E-state index contributed by atoms with van der Waals surface area (Å²) in [6, 6.07) is 10.9. The van der Waals surface area contributed by atoms with Gasteiger partial charge in [-0.25, -0.2) is 9.98 Å². The molecule has 3 aromatic rings. The summed E-state index contributed by atoms with van der Waals surface area (Å²) in [5, 5.41) is 10.4. The van der Waals surface area contributed by atoms with Gasteiger partial charge in [0, 0.05) is 23.3 Å². The molecule has 0 saturated carbocycles. The number of hydrogen-bond acceptors (Lipinski definition) is 5. The van der Waals surface area contributed by atoms with E-state index in [1.807, 2.05) is 44.3 Å². The van der Waals surface area contributed by atoms with Crippen LogP contribution < -0.4 is 16.0 Å². The maximum atomic E-state index is 12.1. The lowest BCUT2D eigenvalue weighted by Gasteiger charge is -2.10. The number of guanidine groups is 1. The van der Waals surface area contributed by atoms with Gasteiger partial charge in [-0.1, -0.05) is 12.1 Å². The molecule has 146 valence electrons. The number of nitrogens with zero attached hydrogens (tertiary/aromatic N) is 2. The van der Waals surface area contributed by atoms with Gasteiger partial charge in [-0.05, 0) is 43.7 Å². The number of rotatable bonds is 7. The average Bonchev–Trinajstić information content (AvgIpc) is 3.36. The van der Waals surface area contributed by atoms with Crippen molar-refractivity contribution in [3.05, 3.63) is 70.1 Å². The van der Waals surface area contributed by atoms with E-state index in [0.717, 1.165) is 23.1 Å². The Morgan fingerprint density at radius 2 is 2.14 bits per heavy atom. The summed E-state index contributed by atoms with van der Waals surface area (Å²) in [7, 11) is 0. The van der Waals surface area contributed by atoms with Crippen molar-refractivity contribution < 1.29 is 9.21 Å². The van der Waals surface area contributed by atoms with Crippen LogP contribution in [0.5, 0.6) is 0 Å². The monoisotopic (exact) mass is 397 g/mol. The first-order chi connectivity index (χ1) is 13.6. The number of aromatic nitrogens is 1. The summed E-state index contributed by atoms with van der Waals surface area (Å²) in [5.41, 5.74) is 1.69. The number of aliphatic imine (C=N–C) groups is 1. The van der Waals surface area contributed by atoms with Gasteiger partial charge in [0.2, 0.25) is 0 Å². The Hall–Kier alpha value is -3.13. The number of carbonyl (C=O) groups is 1. The third kappa shape index (κ3) is 5.68. The smallest absolute Gasteiger partial charge is 0.291 e. The van der Waals surface area contributed by atoms with Crippen molar-refractivity contribution >= 4 is 28.9 Å². The zero-order valence-electron chi connectivity index (χ0n) is 15.9. The van der Waals surface area contributed by atoms with Gasteiger partial charge in [0.1, 0.15) is 5.01 Å². The molecule has 2 heterocycles. The van der Waals surface area contributed by atoms with Gasteiger partial charge in [-0.15, -0.1) is 11.3 Å². The molecule has 1 aromatic carbocycles. The van der Waals surface area contributed by atoms with Crippen LogP contribution in [-0.2, 0) is 13.1 Å². The van der Waals surface area contributed by atoms with Crippen molar-refractivity contribution in [2.75, 3.05) is 11.9 Å². The highest BCUT2D eigenvalue weighted by atomic mass is 32.1.